The summed E-state index contributed by atoms with van der Waals surface area (Å²) in [5.74, 6) is 0. The second-order valence-electron chi connectivity index (χ2n) is 4.74. The molecule has 0 radical (unpaired) electrons. The van der Waals surface area contributed by atoms with Gasteiger partial charge in [-0.25, -0.2) is 0 Å². The minimum Gasteiger partial charge on any atom is -0.275 e. The first-order chi connectivity index (χ1) is 10.6. The number of benzene rings is 1. The van der Waals surface area contributed by atoms with Gasteiger partial charge in [0, 0.05) is 17.8 Å². The minimum absolute atomic E-state index is 0.0912. The van der Waals surface area contributed by atoms with Gasteiger partial charge in [-0.05, 0) is 30.2 Å². The highest BCUT2D eigenvalue weighted by Gasteiger charge is 2.38. The van der Waals surface area contributed by atoms with Gasteiger partial charge in [-0.15, -0.1) is 0 Å². The van der Waals surface area contributed by atoms with E-state index >= 15 is 0 Å². The highest BCUT2D eigenvalue weighted by Crippen LogP contribution is 2.31. The van der Waals surface area contributed by atoms with Crippen LogP contribution in [0.4, 0.5) is 18.9 Å². The molecule has 0 saturated carbocycles. The number of nitro groups is 1. The Morgan fingerprint density at radius 3 is 2.52 bits per heavy atom. The Kier molecular flexibility index (Phi) is 4.42. The molecular formula is C13H9ClF3N3O3. The third kappa shape index (κ3) is 3.67. The van der Waals surface area contributed by atoms with Crippen molar-refractivity contribution in [3.05, 3.63) is 56.9 Å². The standard InChI is InChI=1S/C13H9ClF3N3O3/c1-7-4-8(2-3-10(7)20(22)23)5-19-6-9(12(14)21)11(18-19)13(15,16)17/h2-4,6H,5H2,1H3. The van der Waals surface area contributed by atoms with Crippen molar-refractivity contribution in [1.82, 2.24) is 9.78 Å². The summed E-state index contributed by atoms with van der Waals surface area (Å²) >= 11 is 5.14. The van der Waals surface area contributed by atoms with Crippen molar-refractivity contribution >= 4 is 22.5 Å². The van der Waals surface area contributed by atoms with Crippen LogP contribution in [0, 0.1) is 17.0 Å². The molecule has 0 unspecified atom stereocenters. The number of nitrogens with zero attached hydrogens (tertiary/aromatic N) is 3. The van der Waals surface area contributed by atoms with Crippen molar-refractivity contribution in [2.75, 3.05) is 0 Å². The van der Waals surface area contributed by atoms with E-state index in [1.807, 2.05) is 0 Å². The van der Waals surface area contributed by atoms with Crippen molar-refractivity contribution < 1.29 is 22.9 Å². The summed E-state index contributed by atoms with van der Waals surface area (Å²) < 4.78 is 39.3. The summed E-state index contributed by atoms with van der Waals surface area (Å²) in [4.78, 5) is 21.3. The number of carbonyl (C=O) groups excluding carboxylic acids is 1. The lowest BCUT2D eigenvalue weighted by molar-refractivity contribution is -0.385. The quantitative estimate of drug-likeness (QED) is 0.481. The maximum Gasteiger partial charge on any atom is 0.435 e. The van der Waals surface area contributed by atoms with Gasteiger partial charge < -0.3 is 0 Å². The molecule has 1 aromatic heterocycles. The third-order valence-corrected chi connectivity index (χ3v) is 3.25. The summed E-state index contributed by atoms with van der Waals surface area (Å²) in [6, 6.07) is 4.13. The topological polar surface area (TPSA) is 78.0 Å². The maximum atomic E-state index is 12.8. The summed E-state index contributed by atoms with van der Waals surface area (Å²) in [5.41, 5.74) is -1.34. The SMILES string of the molecule is Cc1cc(Cn2cc(C(=O)Cl)c(C(F)(F)F)n2)ccc1[N+](=O)[O-]. The fourth-order valence-corrected chi connectivity index (χ4v) is 2.20. The summed E-state index contributed by atoms with van der Waals surface area (Å²) in [6.07, 6.45) is -3.91. The average Bonchev–Trinajstić information content (AvgIpc) is 2.82. The Balaban J connectivity index is 2.36. The fourth-order valence-electron chi connectivity index (χ4n) is 2.06. The zero-order valence-electron chi connectivity index (χ0n) is 11.6. The predicted molar refractivity (Wildman–Crippen MR) is 74.3 cm³/mol. The first kappa shape index (κ1) is 16.9. The average molecular weight is 348 g/mol. The Bertz CT molecular complexity index is 787. The van der Waals surface area contributed by atoms with Crippen LogP contribution in [0.15, 0.2) is 24.4 Å². The van der Waals surface area contributed by atoms with Crippen molar-refractivity contribution in [2.45, 2.75) is 19.6 Å². The highest BCUT2D eigenvalue weighted by molar-refractivity contribution is 6.67. The lowest BCUT2D eigenvalue weighted by Crippen LogP contribution is -2.11. The van der Waals surface area contributed by atoms with Gasteiger partial charge in [0.2, 0.25) is 0 Å². The third-order valence-electron chi connectivity index (χ3n) is 3.04. The number of halogens is 4. The number of nitro benzene ring substituents is 1. The Labute approximate surface area is 132 Å². The van der Waals surface area contributed by atoms with E-state index in [4.69, 9.17) is 11.6 Å². The van der Waals surface area contributed by atoms with Crippen LogP contribution in [-0.4, -0.2) is 19.9 Å². The predicted octanol–water partition coefficient (Wildman–Crippen LogP) is 3.55. The smallest absolute Gasteiger partial charge is 0.275 e. The molecule has 122 valence electrons. The van der Waals surface area contributed by atoms with E-state index in [0.29, 0.717) is 11.1 Å². The lowest BCUT2D eigenvalue weighted by Gasteiger charge is -2.05. The minimum atomic E-state index is -4.81. The van der Waals surface area contributed by atoms with Gasteiger partial charge in [-0.3, -0.25) is 19.6 Å². The van der Waals surface area contributed by atoms with Crippen LogP contribution >= 0.6 is 11.6 Å². The van der Waals surface area contributed by atoms with Crippen LogP contribution in [0.2, 0.25) is 0 Å². The van der Waals surface area contributed by atoms with Gasteiger partial charge in [0.25, 0.3) is 10.9 Å². The number of hydrogen-bond donors (Lipinski definition) is 0. The largest absolute Gasteiger partial charge is 0.435 e. The van der Waals surface area contributed by atoms with Crippen molar-refractivity contribution in [1.29, 1.82) is 0 Å². The van der Waals surface area contributed by atoms with E-state index in [2.05, 4.69) is 5.10 Å². The monoisotopic (exact) mass is 347 g/mol. The van der Waals surface area contributed by atoms with Crippen molar-refractivity contribution in [2.24, 2.45) is 0 Å². The molecule has 6 nitrogen and oxygen atoms in total. The first-order valence-electron chi connectivity index (χ1n) is 6.18. The molecule has 0 fully saturated rings. The maximum absolute atomic E-state index is 12.8. The number of aromatic nitrogens is 2. The molecule has 0 amide bonds. The molecule has 0 N–H and O–H groups in total. The van der Waals surface area contributed by atoms with Crippen LogP contribution in [0.5, 0.6) is 0 Å². The van der Waals surface area contributed by atoms with Gasteiger partial charge in [-0.1, -0.05) is 6.07 Å². The molecular weight excluding hydrogens is 339 g/mol. The molecule has 1 heterocycles. The number of aryl methyl sites for hydroxylation is 1. The summed E-state index contributed by atoms with van der Waals surface area (Å²) in [5, 5.41) is 12.8. The van der Waals surface area contributed by atoms with E-state index in [9.17, 15) is 28.1 Å². The molecule has 0 saturated heterocycles. The zero-order chi connectivity index (χ0) is 17.4. The van der Waals surface area contributed by atoms with E-state index in [1.54, 1.807) is 0 Å². The lowest BCUT2D eigenvalue weighted by atomic mass is 10.1. The van der Waals surface area contributed by atoms with Gasteiger partial charge >= 0.3 is 6.18 Å². The van der Waals surface area contributed by atoms with E-state index in [0.717, 1.165) is 10.9 Å². The molecule has 0 aliphatic carbocycles. The van der Waals surface area contributed by atoms with Crippen LogP contribution in [-0.2, 0) is 12.7 Å². The second-order valence-corrected chi connectivity index (χ2v) is 5.08. The normalized spacial score (nSPS) is 11.5. The number of alkyl halides is 3. The summed E-state index contributed by atoms with van der Waals surface area (Å²) in [6.45, 7) is 1.42. The van der Waals surface area contributed by atoms with E-state index < -0.39 is 27.6 Å². The van der Waals surface area contributed by atoms with Gasteiger partial charge in [0.15, 0.2) is 5.69 Å². The van der Waals surface area contributed by atoms with Crippen LogP contribution in [0.1, 0.15) is 27.2 Å². The summed E-state index contributed by atoms with van der Waals surface area (Å²) in [7, 11) is 0. The van der Waals surface area contributed by atoms with Gasteiger partial charge in [-0.2, -0.15) is 18.3 Å². The number of hydrogen-bond acceptors (Lipinski definition) is 4. The zero-order valence-corrected chi connectivity index (χ0v) is 12.4. The van der Waals surface area contributed by atoms with E-state index in [-0.39, 0.29) is 12.2 Å². The Morgan fingerprint density at radius 2 is 2.09 bits per heavy atom. The molecule has 0 bridgehead atoms. The molecule has 0 spiro atoms. The molecule has 2 rings (SSSR count). The molecule has 1 aromatic carbocycles. The highest BCUT2D eigenvalue weighted by atomic mass is 35.5. The van der Waals surface area contributed by atoms with Crippen molar-refractivity contribution in [3.8, 4) is 0 Å². The molecule has 0 aliphatic rings. The number of rotatable bonds is 4. The second kappa shape index (κ2) is 5.99. The first-order valence-corrected chi connectivity index (χ1v) is 6.56. The van der Waals surface area contributed by atoms with Crippen molar-refractivity contribution in [3.63, 3.8) is 0 Å². The molecule has 2 aromatic rings. The van der Waals surface area contributed by atoms with Gasteiger partial charge in [0.05, 0.1) is 17.0 Å². The van der Waals surface area contributed by atoms with Gasteiger partial charge in [0.1, 0.15) is 0 Å². The van der Waals surface area contributed by atoms with E-state index in [1.165, 1.54) is 25.1 Å². The molecule has 0 atom stereocenters. The Hall–Kier alpha value is -2.42. The van der Waals surface area contributed by atoms with Crippen LogP contribution in [0.3, 0.4) is 0 Å². The van der Waals surface area contributed by atoms with Crippen LogP contribution < -0.4 is 0 Å². The molecule has 10 heteroatoms. The molecule has 23 heavy (non-hydrogen) atoms. The fraction of sp³-hybridized carbons (Fsp3) is 0.231. The number of carbonyl (C=O) groups is 1. The molecule has 0 aliphatic heterocycles. The Morgan fingerprint density at radius 1 is 1.43 bits per heavy atom. The van der Waals surface area contributed by atoms with Crippen LogP contribution in [0.25, 0.3) is 0 Å².